The molecule has 2 N–H and O–H groups in total. The van der Waals surface area contributed by atoms with Crippen LogP contribution in [0.15, 0.2) is 54.6 Å². The first-order valence-electron chi connectivity index (χ1n) is 11.3. The van der Waals surface area contributed by atoms with Crippen LogP contribution >= 0.6 is 0 Å². The molecule has 6 nitrogen and oxygen atoms in total. The van der Waals surface area contributed by atoms with Crippen LogP contribution in [-0.4, -0.2) is 61.3 Å². The molecule has 0 aliphatic carbocycles. The van der Waals surface area contributed by atoms with Crippen molar-refractivity contribution in [2.45, 2.75) is 31.9 Å². The summed E-state index contributed by atoms with van der Waals surface area (Å²) in [5.41, 5.74) is 2.96. The van der Waals surface area contributed by atoms with Crippen molar-refractivity contribution in [3.63, 3.8) is 0 Å². The number of nitrogens with one attached hydrogen (secondary N) is 1. The van der Waals surface area contributed by atoms with Crippen molar-refractivity contribution in [1.82, 2.24) is 4.90 Å². The number of ether oxygens (including phenoxy) is 1. The zero-order valence-electron chi connectivity index (χ0n) is 18.2. The Labute approximate surface area is 184 Å². The minimum absolute atomic E-state index is 0.0150. The molecule has 2 aromatic rings. The van der Waals surface area contributed by atoms with Gasteiger partial charge in [-0.25, -0.2) is 0 Å². The van der Waals surface area contributed by atoms with E-state index in [2.05, 4.69) is 27.2 Å². The predicted octanol–water partition coefficient (Wildman–Crippen LogP) is 3.30. The van der Waals surface area contributed by atoms with Crippen LogP contribution in [0.4, 0.5) is 11.4 Å². The minimum Gasteiger partial charge on any atom is -0.388 e. The van der Waals surface area contributed by atoms with Gasteiger partial charge in [0.25, 0.3) is 0 Å². The molecule has 4 rings (SSSR count). The van der Waals surface area contributed by atoms with E-state index in [-0.39, 0.29) is 17.9 Å². The summed E-state index contributed by atoms with van der Waals surface area (Å²) in [6.45, 7) is 6.92. The number of hydrogen-bond acceptors (Lipinski definition) is 5. The van der Waals surface area contributed by atoms with E-state index in [1.807, 2.05) is 49.4 Å². The Morgan fingerprint density at radius 3 is 2.29 bits per heavy atom. The van der Waals surface area contributed by atoms with Gasteiger partial charge in [0.15, 0.2) is 0 Å². The van der Waals surface area contributed by atoms with Crippen LogP contribution in [0.25, 0.3) is 0 Å². The van der Waals surface area contributed by atoms with Crippen LogP contribution in [0.2, 0.25) is 0 Å². The molecule has 0 bridgehead atoms. The first-order valence-corrected chi connectivity index (χ1v) is 11.3. The Morgan fingerprint density at radius 1 is 1.00 bits per heavy atom. The van der Waals surface area contributed by atoms with Crippen LogP contribution in [0.1, 0.15) is 31.4 Å². The molecule has 6 heteroatoms. The third-order valence-electron chi connectivity index (χ3n) is 6.60. The summed E-state index contributed by atoms with van der Waals surface area (Å²) in [6, 6.07) is 17.7. The second-order valence-electron chi connectivity index (χ2n) is 8.54. The van der Waals surface area contributed by atoms with Crippen LogP contribution in [0, 0.1) is 5.92 Å². The number of anilines is 2. The fourth-order valence-corrected chi connectivity index (χ4v) is 4.53. The SMILES string of the molecule is CC(C(=O)Nc1ccc(N2CCOCC2)cc1)N1CCC(C(O)c2ccccc2)CC1. The van der Waals surface area contributed by atoms with Crippen molar-refractivity contribution in [1.29, 1.82) is 0 Å². The summed E-state index contributed by atoms with van der Waals surface area (Å²) < 4.78 is 5.41. The average Bonchev–Trinajstić information content (AvgIpc) is 2.85. The number of benzene rings is 2. The smallest absolute Gasteiger partial charge is 0.241 e. The van der Waals surface area contributed by atoms with Gasteiger partial charge in [0.1, 0.15) is 0 Å². The molecular formula is C25H33N3O3. The maximum atomic E-state index is 12.8. The van der Waals surface area contributed by atoms with Crippen molar-refractivity contribution in [3.05, 3.63) is 60.2 Å². The molecule has 166 valence electrons. The molecule has 2 aliphatic rings. The average molecular weight is 424 g/mol. The Morgan fingerprint density at radius 2 is 1.65 bits per heavy atom. The summed E-state index contributed by atoms with van der Waals surface area (Å²) in [5, 5.41) is 13.7. The number of nitrogens with zero attached hydrogens (tertiary/aromatic N) is 2. The minimum atomic E-state index is -0.433. The first kappa shape index (κ1) is 21.8. The molecule has 0 radical (unpaired) electrons. The number of hydrogen-bond donors (Lipinski definition) is 2. The molecule has 2 fully saturated rings. The van der Waals surface area contributed by atoms with Gasteiger partial charge in [-0.05, 0) is 68.6 Å². The van der Waals surface area contributed by atoms with E-state index in [1.165, 1.54) is 0 Å². The predicted molar refractivity (Wildman–Crippen MR) is 123 cm³/mol. The van der Waals surface area contributed by atoms with E-state index in [0.29, 0.717) is 0 Å². The van der Waals surface area contributed by atoms with Crippen LogP contribution in [0.3, 0.4) is 0 Å². The van der Waals surface area contributed by atoms with Gasteiger partial charge in [-0.1, -0.05) is 30.3 Å². The number of aliphatic hydroxyl groups is 1. The number of carbonyl (C=O) groups excluding carboxylic acids is 1. The van der Waals surface area contributed by atoms with Crippen LogP contribution in [-0.2, 0) is 9.53 Å². The Bertz CT molecular complexity index is 829. The van der Waals surface area contributed by atoms with E-state index < -0.39 is 6.10 Å². The van der Waals surface area contributed by atoms with Crippen molar-refractivity contribution in [2.75, 3.05) is 49.6 Å². The highest BCUT2D eigenvalue weighted by molar-refractivity contribution is 5.94. The van der Waals surface area contributed by atoms with Gasteiger partial charge in [0, 0.05) is 24.5 Å². The molecule has 2 heterocycles. The number of likely N-dealkylation sites (tertiary alicyclic amines) is 1. The summed E-state index contributed by atoms with van der Waals surface area (Å²) >= 11 is 0. The van der Waals surface area contributed by atoms with Crippen molar-refractivity contribution >= 4 is 17.3 Å². The number of rotatable bonds is 6. The lowest BCUT2D eigenvalue weighted by Gasteiger charge is -2.37. The van der Waals surface area contributed by atoms with Gasteiger partial charge in [-0.2, -0.15) is 0 Å². The molecule has 2 aromatic carbocycles. The van der Waals surface area contributed by atoms with E-state index >= 15 is 0 Å². The standard InChI is InChI=1S/C25H33N3O3/c1-19(27-13-11-21(12-14-27)24(29)20-5-3-2-4-6-20)25(30)26-22-7-9-23(10-8-22)28-15-17-31-18-16-28/h2-10,19,21,24,29H,11-18H2,1H3,(H,26,30). The Hall–Kier alpha value is -2.41. The van der Waals surface area contributed by atoms with Gasteiger partial charge >= 0.3 is 0 Å². The highest BCUT2D eigenvalue weighted by Gasteiger charge is 2.30. The molecule has 2 aliphatic heterocycles. The summed E-state index contributed by atoms with van der Waals surface area (Å²) in [7, 11) is 0. The number of aliphatic hydroxyl groups excluding tert-OH is 1. The molecule has 2 saturated heterocycles. The Kier molecular flexibility index (Phi) is 7.22. The molecule has 0 saturated carbocycles. The van der Waals surface area contributed by atoms with Gasteiger partial charge in [-0.15, -0.1) is 0 Å². The third-order valence-corrected chi connectivity index (χ3v) is 6.60. The lowest BCUT2D eigenvalue weighted by atomic mass is 9.87. The highest BCUT2D eigenvalue weighted by Crippen LogP contribution is 2.31. The summed E-state index contributed by atoms with van der Waals surface area (Å²) in [6.07, 6.45) is 1.35. The lowest BCUT2D eigenvalue weighted by Crippen LogP contribution is -2.46. The van der Waals surface area contributed by atoms with E-state index in [1.54, 1.807) is 0 Å². The molecule has 1 amide bonds. The van der Waals surface area contributed by atoms with Gasteiger partial charge in [-0.3, -0.25) is 9.69 Å². The van der Waals surface area contributed by atoms with E-state index in [0.717, 1.165) is 69.2 Å². The number of amides is 1. The molecule has 0 spiro atoms. The first-order chi connectivity index (χ1) is 15.1. The fraction of sp³-hybridized carbons (Fsp3) is 0.480. The van der Waals surface area contributed by atoms with Gasteiger partial charge in [0.05, 0.1) is 25.4 Å². The zero-order valence-corrected chi connectivity index (χ0v) is 18.2. The second kappa shape index (κ2) is 10.3. The molecule has 2 atom stereocenters. The van der Waals surface area contributed by atoms with E-state index in [9.17, 15) is 9.90 Å². The monoisotopic (exact) mass is 423 g/mol. The number of carbonyl (C=O) groups is 1. The second-order valence-corrected chi connectivity index (χ2v) is 8.54. The fourth-order valence-electron chi connectivity index (χ4n) is 4.53. The molecule has 0 aromatic heterocycles. The van der Waals surface area contributed by atoms with Gasteiger partial charge < -0.3 is 20.1 Å². The molecule has 31 heavy (non-hydrogen) atoms. The largest absolute Gasteiger partial charge is 0.388 e. The molecule has 2 unspecified atom stereocenters. The van der Waals surface area contributed by atoms with Crippen molar-refractivity contribution in [2.24, 2.45) is 5.92 Å². The normalized spacial score (nSPS) is 20.3. The zero-order chi connectivity index (χ0) is 21.6. The maximum Gasteiger partial charge on any atom is 0.241 e. The molecular weight excluding hydrogens is 390 g/mol. The number of piperidine rings is 1. The van der Waals surface area contributed by atoms with Crippen molar-refractivity contribution in [3.8, 4) is 0 Å². The topological polar surface area (TPSA) is 65.0 Å². The quantitative estimate of drug-likeness (QED) is 0.746. The van der Waals surface area contributed by atoms with Gasteiger partial charge in [0.2, 0.25) is 5.91 Å². The summed E-state index contributed by atoms with van der Waals surface area (Å²) in [4.78, 5) is 17.3. The maximum absolute atomic E-state index is 12.8. The summed E-state index contributed by atoms with van der Waals surface area (Å²) in [5.74, 6) is 0.253. The lowest BCUT2D eigenvalue weighted by molar-refractivity contribution is -0.121. The van der Waals surface area contributed by atoms with Crippen molar-refractivity contribution < 1.29 is 14.6 Å². The third kappa shape index (κ3) is 5.45. The van der Waals surface area contributed by atoms with Crippen LogP contribution < -0.4 is 10.2 Å². The number of morpholine rings is 1. The Balaban J connectivity index is 1.27. The highest BCUT2D eigenvalue weighted by atomic mass is 16.5. The van der Waals surface area contributed by atoms with Crippen LogP contribution in [0.5, 0.6) is 0 Å². The van der Waals surface area contributed by atoms with E-state index in [4.69, 9.17) is 4.74 Å².